The summed E-state index contributed by atoms with van der Waals surface area (Å²) < 4.78 is 0. The Bertz CT molecular complexity index is 737. The van der Waals surface area contributed by atoms with Crippen LogP contribution in [-0.4, -0.2) is 40.9 Å². The van der Waals surface area contributed by atoms with Gasteiger partial charge < -0.3 is 10.0 Å². The Balaban J connectivity index is 1.93. The second kappa shape index (κ2) is 6.34. The van der Waals surface area contributed by atoms with E-state index in [1.165, 1.54) is 0 Å². The molecule has 0 aromatic heterocycles. The molecule has 1 fully saturated rings. The standard InChI is InChI=1S/C19H19NO3/c1-13-6-8-14(9-7-13)18(22)16-4-2-3-5-17(16)19(23)20-11-10-15(21)12-20/h2-9,15,21H,10-12H2,1H3/t15-/m1/s1. The average Bonchev–Trinajstić information content (AvgIpc) is 3.01. The highest BCUT2D eigenvalue weighted by atomic mass is 16.3. The van der Waals surface area contributed by atoms with E-state index in [1.54, 1.807) is 41.3 Å². The van der Waals surface area contributed by atoms with Crippen molar-refractivity contribution in [1.29, 1.82) is 0 Å². The van der Waals surface area contributed by atoms with E-state index < -0.39 is 6.10 Å². The Labute approximate surface area is 135 Å². The maximum atomic E-state index is 12.7. The lowest BCUT2D eigenvalue weighted by molar-refractivity contribution is 0.0761. The van der Waals surface area contributed by atoms with Crippen LogP contribution >= 0.6 is 0 Å². The second-order valence-corrected chi connectivity index (χ2v) is 5.93. The van der Waals surface area contributed by atoms with E-state index in [2.05, 4.69) is 0 Å². The van der Waals surface area contributed by atoms with Crippen molar-refractivity contribution in [2.45, 2.75) is 19.4 Å². The van der Waals surface area contributed by atoms with Crippen LogP contribution < -0.4 is 0 Å². The van der Waals surface area contributed by atoms with Gasteiger partial charge in [0.15, 0.2) is 5.78 Å². The van der Waals surface area contributed by atoms with Crippen LogP contribution in [0, 0.1) is 6.92 Å². The van der Waals surface area contributed by atoms with Crippen LogP contribution in [0.15, 0.2) is 48.5 Å². The average molecular weight is 309 g/mol. The molecule has 0 bridgehead atoms. The molecular weight excluding hydrogens is 290 g/mol. The highest BCUT2D eigenvalue weighted by Crippen LogP contribution is 2.19. The molecule has 0 saturated carbocycles. The summed E-state index contributed by atoms with van der Waals surface area (Å²) in [6.07, 6.45) is 0.110. The van der Waals surface area contributed by atoms with E-state index in [4.69, 9.17) is 0 Å². The number of hydrogen-bond acceptors (Lipinski definition) is 3. The SMILES string of the molecule is Cc1ccc(C(=O)c2ccccc2C(=O)N2CC[C@@H](O)C2)cc1. The second-order valence-electron chi connectivity index (χ2n) is 5.93. The number of rotatable bonds is 3. The Hall–Kier alpha value is -2.46. The number of carbonyl (C=O) groups excluding carboxylic acids is 2. The van der Waals surface area contributed by atoms with Gasteiger partial charge in [0.1, 0.15) is 0 Å². The van der Waals surface area contributed by atoms with Crippen molar-refractivity contribution in [2.75, 3.05) is 13.1 Å². The zero-order valence-electron chi connectivity index (χ0n) is 13.0. The van der Waals surface area contributed by atoms with Crippen molar-refractivity contribution < 1.29 is 14.7 Å². The van der Waals surface area contributed by atoms with E-state index in [0.29, 0.717) is 36.2 Å². The van der Waals surface area contributed by atoms with Gasteiger partial charge in [0.2, 0.25) is 0 Å². The normalized spacial score (nSPS) is 17.3. The summed E-state index contributed by atoms with van der Waals surface area (Å²) in [6.45, 7) is 2.81. The van der Waals surface area contributed by atoms with Gasteiger partial charge >= 0.3 is 0 Å². The Morgan fingerprint density at radius 3 is 2.30 bits per heavy atom. The lowest BCUT2D eigenvalue weighted by Crippen LogP contribution is -2.30. The summed E-state index contributed by atoms with van der Waals surface area (Å²) in [4.78, 5) is 27.0. The fourth-order valence-electron chi connectivity index (χ4n) is 2.82. The number of aliphatic hydroxyl groups excluding tert-OH is 1. The first-order valence-corrected chi connectivity index (χ1v) is 7.74. The van der Waals surface area contributed by atoms with Crippen LogP contribution in [0.25, 0.3) is 0 Å². The van der Waals surface area contributed by atoms with Gasteiger partial charge in [-0.15, -0.1) is 0 Å². The molecule has 0 spiro atoms. The summed E-state index contributed by atoms with van der Waals surface area (Å²) in [5, 5.41) is 9.62. The van der Waals surface area contributed by atoms with E-state index in [9.17, 15) is 14.7 Å². The molecule has 1 heterocycles. The molecule has 1 saturated heterocycles. The summed E-state index contributed by atoms with van der Waals surface area (Å²) in [7, 11) is 0. The van der Waals surface area contributed by atoms with E-state index >= 15 is 0 Å². The maximum absolute atomic E-state index is 12.7. The van der Waals surface area contributed by atoms with Crippen LogP contribution in [0.4, 0.5) is 0 Å². The largest absolute Gasteiger partial charge is 0.391 e. The van der Waals surface area contributed by atoms with E-state index in [-0.39, 0.29) is 11.7 Å². The smallest absolute Gasteiger partial charge is 0.254 e. The van der Waals surface area contributed by atoms with Crippen LogP contribution in [0.2, 0.25) is 0 Å². The fraction of sp³-hybridized carbons (Fsp3) is 0.263. The minimum atomic E-state index is -0.473. The van der Waals surface area contributed by atoms with E-state index in [1.807, 2.05) is 19.1 Å². The summed E-state index contributed by atoms with van der Waals surface area (Å²) in [5.41, 5.74) is 2.45. The van der Waals surface area contributed by atoms with Crippen molar-refractivity contribution in [3.63, 3.8) is 0 Å². The third-order valence-electron chi connectivity index (χ3n) is 4.17. The highest BCUT2D eigenvalue weighted by molar-refractivity contribution is 6.15. The Morgan fingerprint density at radius 2 is 1.70 bits per heavy atom. The molecule has 1 aliphatic heterocycles. The predicted octanol–water partition coefficient (Wildman–Crippen LogP) is 2.43. The van der Waals surface area contributed by atoms with Crippen LogP contribution in [0.1, 0.15) is 38.3 Å². The first-order chi connectivity index (χ1) is 11.1. The van der Waals surface area contributed by atoms with Crippen LogP contribution in [0.5, 0.6) is 0 Å². The molecule has 3 rings (SSSR count). The monoisotopic (exact) mass is 309 g/mol. The van der Waals surface area contributed by atoms with Gasteiger partial charge in [-0.2, -0.15) is 0 Å². The van der Waals surface area contributed by atoms with Gasteiger partial charge in [-0.05, 0) is 19.4 Å². The molecule has 2 aromatic carbocycles. The minimum Gasteiger partial charge on any atom is -0.391 e. The molecule has 4 heteroatoms. The Morgan fingerprint density at radius 1 is 1.04 bits per heavy atom. The number of aliphatic hydroxyl groups is 1. The van der Waals surface area contributed by atoms with Crippen molar-refractivity contribution in [1.82, 2.24) is 4.90 Å². The number of likely N-dealkylation sites (tertiary alicyclic amines) is 1. The molecule has 1 amide bonds. The lowest BCUT2D eigenvalue weighted by Gasteiger charge is -2.17. The minimum absolute atomic E-state index is 0.159. The molecule has 1 atom stereocenters. The zero-order valence-corrected chi connectivity index (χ0v) is 13.0. The quantitative estimate of drug-likeness (QED) is 0.886. The molecule has 1 N–H and O–H groups in total. The predicted molar refractivity (Wildman–Crippen MR) is 87.6 cm³/mol. The summed E-state index contributed by atoms with van der Waals surface area (Å²) >= 11 is 0. The third-order valence-corrected chi connectivity index (χ3v) is 4.17. The number of carbonyl (C=O) groups is 2. The number of aryl methyl sites for hydroxylation is 1. The molecule has 2 aromatic rings. The van der Waals surface area contributed by atoms with Gasteiger partial charge in [0, 0.05) is 24.2 Å². The van der Waals surface area contributed by atoms with Gasteiger partial charge in [-0.3, -0.25) is 9.59 Å². The van der Waals surface area contributed by atoms with Crippen molar-refractivity contribution >= 4 is 11.7 Å². The number of nitrogens with zero attached hydrogens (tertiary/aromatic N) is 1. The maximum Gasteiger partial charge on any atom is 0.254 e. The van der Waals surface area contributed by atoms with Crippen LogP contribution in [0.3, 0.4) is 0 Å². The summed E-state index contributed by atoms with van der Waals surface area (Å²) in [5.74, 6) is -0.355. The van der Waals surface area contributed by atoms with Gasteiger partial charge in [-0.1, -0.05) is 48.0 Å². The molecule has 23 heavy (non-hydrogen) atoms. The fourth-order valence-corrected chi connectivity index (χ4v) is 2.82. The molecule has 0 radical (unpaired) electrons. The molecule has 1 aliphatic rings. The van der Waals surface area contributed by atoms with Crippen molar-refractivity contribution in [2.24, 2.45) is 0 Å². The lowest BCUT2D eigenvalue weighted by atomic mass is 9.97. The van der Waals surface area contributed by atoms with Gasteiger partial charge in [0.25, 0.3) is 5.91 Å². The molecule has 4 nitrogen and oxygen atoms in total. The number of β-amino-alcohol motifs (C(OH)–C–C–N with tert-alkyl or cyclic N) is 1. The Kier molecular flexibility index (Phi) is 4.26. The van der Waals surface area contributed by atoms with Crippen molar-refractivity contribution in [3.05, 3.63) is 70.8 Å². The number of ketones is 1. The first kappa shape index (κ1) is 15.4. The van der Waals surface area contributed by atoms with E-state index in [0.717, 1.165) is 5.56 Å². The van der Waals surface area contributed by atoms with Crippen molar-refractivity contribution in [3.8, 4) is 0 Å². The first-order valence-electron chi connectivity index (χ1n) is 7.74. The zero-order chi connectivity index (χ0) is 16.4. The highest BCUT2D eigenvalue weighted by Gasteiger charge is 2.28. The molecule has 0 unspecified atom stereocenters. The number of hydrogen-bond donors (Lipinski definition) is 1. The molecule has 0 aliphatic carbocycles. The molecular formula is C19H19NO3. The number of amides is 1. The van der Waals surface area contributed by atoms with Gasteiger partial charge in [0.05, 0.1) is 11.7 Å². The van der Waals surface area contributed by atoms with Crippen LogP contribution in [-0.2, 0) is 0 Å². The topological polar surface area (TPSA) is 57.6 Å². The summed E-state index contributed by atoms with van der Waals surface area (Å²) in [6, 6.07) is 14.2. The third kappa shape index (κ3) is 3.17. The molecule has 118 valence electrons. The van der Waals surface area contributed by atoms with Gasteiger partial charge in [-0.25, -0.2) is 0 Å². The number of benzene rings is 2.